The maximum Gasteiger partial charge on any atom is 0.285 e. The van der Waals surface area contributed by atoms with E-state index in [0.717, 1.165) is 5.56 Å². The molecule has 2 aromatic rings. The summed E-state index contributed by atoms with van der Waals surface area (Å²) in [6.45, 7) is 4.01. The number of hydrogen-bond donors (Lipinski definition) is 0. The monoisotopic (exact) mass is 280 g/mol. The largest absolute Gasteiger partial charge is 0.285 e. The van der Waals surface area contributed by atoms with Crippen LogP contribution in [0.25, 0.3) is 0 Å². The second-order valence-electron chi connectivity index (χ2n) is 4.19. The number of aryl methyl sites for hydroxylation is 2. The third-order valence-corrected chi connectivity index (χ3v) is 4.56. The summed E-state index contributed by atoms with van der Waals surface area (Å²) in [5, 5.41) is 7.33. The van der Waals surface area contributed by atoms with Crippen LogP contribution in [-0.4, -0.2) is 30.0 Å². The van der Waals surface area contributed by atoms with Gasteiger partial charge in [0.15, 0.2) is 0 Å². The highest BCUT2D eigenvalue weighted by molar-refractivity contribution is 7.92. The van der Waals surface area contributed by atoms with Crippen molar-refractivity contribution in [3.63, 3.8) is 0 Å². The van der Waals surface area contributed by atoms with Gasteiger partial charge < -0.3 is 0 Å². The summed E-state index contributed by atoms with van der Waals surface area (Å²) in [6.07, 6.45) is 1.40. The number of nitrogens with zero attached hydrogens (tertiary/aromatic N) is 4. The molecule has 0 radical (unpaired) electrons. The molecule has 0 amide bonds. The van der Waals surface area contributed by atoms with Gasteiger partial charge in [0.2, 0.25) is 5.03 Å². The third kappa shape index (κ3) is 2.46. The first-order valence-electron chi connectivity index (χ1n) is 5.91. The maximum atomic E-state index is 12.5. The molecule has 0 aliphatic carbocycles. The van der Waals surface area contributed by atoms with Crippen LogP contribution in [-0.2, 0) is 17.1 Å². The van der Waals surface area contributed by atoms with Crippen LogP contribution in [0.4, 0.5) is 5.69 Å². The van der Waals surface area contributed by atoms with E-state index in [2.05, 4.69) is 10.3 Å². The Kier molecular flexibility index (Phi) is 3.57. The van der Waals surface area contributed by atoms with E-state index in [9.17, 15) is 8.42 Å². The smallest absolute Gasteiger partial charge is 0.265 e. The lowest BCUT2D eigenvalue weighted by Gasteiger charge is -2.23. The Morgan fingerprint density at radius 3 is 2.53 bits per heavy atom. The number of anilines is 1. The first-order chi connectivity index (χ1) is 8.96. The summed E-state index contributed by atoms with van der Waals surface area (Å²) in [7, 11) is -2.03. The Bertz CT molecular complexity index is 679. The fraction of sp³-hybridized carbons (Fsp3) is 0.333. The normalized spacial score (nSPS) is 11.5. The minimum Gasteiger partial charge on any atom is -0.265 e. The zero-order chi connectivity index (χ0) is 14.0. The van der Waals surface area contributed by atoms with Gasteiger partial charge in [-0.2, -0.15) is 8.42 Å². The number of rotatable bonds is 4. The summed E-state index contributed by atoms with van der Waals surface area (Å²) in [6, 6.07) is 7.36. The Morgan fingerprint density at radius 2 is 2.00 bits per heavy atom. The van der Waals surface area contributed by atoms with Gasteiger partial charge in [0.05, 0.1) is 11.9 Å². The molecular weight excluding hydrogens is 264 g/mol. The molecule has 1 aromatic carbocycles. The van der Waals surface area contributed by atoms with Crippen molar-refractivity contribution in [2.45, 2.75) is 18.9 Å². The number of benzene rings is 1. The molecule has 1 heterocycles. The molecule has 19 heavy (non-hydrogen) atoms. The quantitative estimate of drug-likeness (QED) is 0.847. The van der Waals surface area contributed by atoms with Gasteiger partial charge in [-0.05, 0) is 25.5 Å². The van der Waals surface area contributed by atoms with Gasteiger partial charge in [-0.3, -0.25) is 8.99 Å². The van der Waals surface area contributed by atoms with Gasteiger partial charge >= 0.3 is 0 Å². The van der Waals surface area contributed by atoms with Crippen molar-refractivity contribution < 1.29 is 8.42 Å². The second-order valence-corrected chi connectivity index (χ2v) is 6.00. The molecule has 1 aromatic heterocycles. The molecule has 0 aliphatic rings. The van der Waals surface area contributed by atoms with E-state index < -0.39 is 10.0 Å². The van der Waals surface area contributed by atoms with E-state index in [0.29, 0.717) is 12.2 Å². The van der Waals surface area contributed by atoms with Crippen molar-refractivity contribution in [1.82, 2.24) is 15.0 Å². The summed E-state index contributed by atoms with van der Waals surface area (Å²) in [5.74, 6) is 0. The molecule has 0 bridgehead atoms. The lowest BCUT2D eigenvalue weighted by Crippen LogP contribution is -2.31. The highest BCUT2D eigenvalue weighted by atomic mass is 32.2. The fourth-order valence-corrected chi connectivity index (χ4v) is 3.33. The molecule has 102 valence electrons. The maximum absolute atomic E-state index is 12.5. The van der Waals surface area contributed by atoms with Crippen LogP contribution in [0, 0.1) is 6.92 Å². The van der Waals surface area contributed by atoms with Gasteiger partial charge in [-0.15, -0.1) is 5.10 Å². The van der Waals surface area contributed by atoms with Crippen molar-refractivity contribution in [2.75, 3.05) is 10.8 Å². The Balaban J connectivity index is 2.51. The minimum absolute atomic E-state index is 0.0416. The molecule has 2 rings (SSSR count). The van der Waals surface area contributed by atoms with Crippen LogP contribution < -0.4 is 4.31 Å². The molecule has 6 nitrogen and oxygen atoms in total. The standard InChI is InChI=1S/C12H16N4O2S/c1-4-16(11-8-6-5-7-10(11)2)19(17,18)12-9-15(3)14-13-12/h5-9H,4H2,1-3H3. The lowest BCUT2D eigenvalue weighted by atomic mass is 10.2. The Hall–Kier alpha value is -1.89. The van der Waals surface area contributed by atoms with Crippen molar-refractivity contribution >= 4 is 15.7 Å². The van der Waals surface area contributed by atoms with E-state index in [4.69, 9.17) is 0 Å². The highest BCUT2D eigenvalue weighted by Gasteiger charge is 2.27. The molecule has 0 spiro atoms. The average molecular weight is 280 g/mol. The van der Waals surface area contributed by atoms with E-state index >= 15 is 0 Å². The number of aromatic nitrogens is 3. The van der Waals surface area contributed by atoms with Crippen molar-refractivity contribution in [3.8, 4) is 0 Å². The summed E-state index contributed by atoms with van der Waals surface area (Å²) >= 11 is 0. The van der Waals surface area contributed by atoms with E-state index in [1.54, 1.807) is 20.0 Å². The molecule has 0 unspecified atom stereocenters. The fourth-order valence-electron chi connectivity index (χ4n) is 1.87. The molecule has 0 fully saturated rings. The summed E-state index contributed by atoms with van der Waals surface area (Å²) in [5.41, 5.74) is 1.56. The molecule has 7 heteroatoms. The van der Waals surface area contributed by atoms with Gasteiger partial charge in [-0.1, -0.05) is 23.4 Å². The number of sulfonamides is 1. The van der Waals surface area contributed by atoms with Crippen LogP contribution in [0.15, 0.2) is 35.5 Å². The predicted octanol–water partition coefficient (Wildman–Crippen LogP) is 1.34. The van der Waals surface area contributed by atoms with Crippen LogP contribution in [0.5, 0.6) is 0 Å². The van der Waals surface area contributed by atoms with Crippen molar-refractivity contribution in [3.05, 3.63) is 36.0 Å². The van der Waals surface area contributed by atoms with Crippen LogP contribution in [0.3, 0.4) is 0 Å². The van der Waals surface area contributed by atoms with E-state index in [1.165, 1.54) is 15.2 Å². The van der Waals surface area contributed by atoms with Crippen molar-refractivity contribution in [2.24, 2.45) is 7.05 Å². The summed E-state index contributed by atoms with van der Waals surface area (Å²) < 4.78 is 27.8. The molecule has 0 aliphatic heterocycles. The van der Waals surface area contributed by atoms with Crippen molar-refractivity contribution in [1.29, 1.82) is 0 Å². The van der Waals surface area contributed by atoms with Gasteiger partial charge in [0, 0.05) is 13.6 Å². The van der Waals surface area contributed by atoms with Gasteiger partial charge in [0.25, 0.3) is 10.0 Å². The van der Waals surface area contributed by atoms with Gasteiger partial charge in [0.1, 0.15) is 0 Å². The summed E-state index contributed by atoms with van der Waals surface area (Å²) in [4.78, 5) is 0. The van der Waals surface area contributed by atoms with Crippen LogP contribution >= 0.6 is 0 Å². The molecule has 0 N–H and O–H groups in total. The third-order valence-electron chi connectivity index (χ3n) is 2.81. The van der Waals surface area contributed by atoms with Crippen LogP contribution in [0.2, 0.25) is 0 Å². The zero-order valence-corrected chi connectivity index (χ0v) is 11.9. The number of hydrogen-bond acceptors (Lipinski definition) is 4. The highest BCUT2D eigenvalue weighted by Crippen LogP contribution is 2.25. The van der Waals surface area contributed by atoms with E-state index in [-0.39, 0.29) is 5.03 Å². The topological polar surface area (TPSA) is 68.1 Å². The predicted molar refractivity (Wildman–Crippen MR) is 72.4 cm³/mol. The first-order valence-corrected chi connectivity index (χ1v) is 7.35. The molecular formula is C12H16N4O2S. The number of para-hydroxylation sites is 1. The first kappa shape index (κ1) is 13.5. The zero-order valence-electron chi connectivity index (χ0n) is 11.1. The van der Waals surface area contributed by atoms with Gasteiger partial charge in [-0.25, -0.2) is 0 Å². The second kappa shape index (κ2) is 5.00. The SMILES string of the molecule is CCN(c1ccccc1C)S(=O)(=O)c1cn(C)nn1. The Labute approximate surface area is 112 Å². The molecule has 0 saturated heterocycles. The van der Waals surface area contributed by atoms with E-state index in [1.807, 2.05) is 25.1 Å². The lowest BCUT2D eigenvalue weighted by molar-refractivity contribution is 0.587. The minimum atomic E-state index is -3.67. The molecule has 0 atom stereocenters. The van der Waals surface area contributed by atoms with Crippen LogP contribution in [0.1, 0.15) is 12.5 Å². The Morgan fingerprint density at radius 1 is 1.32 bits per heavy atom. The molecule has 0 saturated carbocycles. The average Bonchev–Trinajstić information content (AvgIpc) is 2.80.